The zero-order chi connectivity index (χ0) is 22.4. The van der Waals surface area contributed by atoms with E-state index in [1.807, 2.05) is 24.4 Å². The number of hydrogen-bond acceptors (Lipinski definition) is 5. The molecule has 0 aliphatic heterocycles. The van der Waals surface area contributed by atoms with Crippen molar-refractivity contribution >= 4 is 16.9 Å². The molecule has 4 aromatic rings. The number of H-pyrrole nitrogens is 1. The second kappa shape index (κ2) is 9.39. The lowest BCUT2D eigenvalue weighted by Gasteiger charge is -2.03. The molecule has 3 N–H and O–H groups in total. The number of benzene rings is 2. The summed E-state index contributed by atoms with van der Waals surface area (Å²) in [6.07, 6.45) is -3.27. The summed E-state index contributed by atoms with van der Waals surface area (Å²) in [6.45, 7) is 1.27. The summed E-state index contributed by atoms with van der Waals surface area (Å²) in [7, 11) is 0. The van der Waals surface area contributed by atoms with Gasteiger partial charge in [0.05, 0.1) is 17.4 Å². The van der Waals surface area contributed by atoms with E-state index < -0.39 is 12.1 Å². The highest BCUT2D eigenvalue weighted by Gasteiger charge is 2.38. The van der Waals surface area contributed by atoms with Crippen molar-refractivity contribution in [1.82, 2.24) is 20.7 Å². The molecule has 0 radical (unpaired) electrons. The monoisotopic (exact) mass is 436 g/mol. The van der Waals surface area contributed by atoms with E-state index in [0.29, 0.717) is 18.8 Å². The maximum absolute atomic E-state index is 13.0. The third kappa shape index (κ3) is 5.89. The number of alkyl halides is 3. The van der Waals surface area contributed by atoms with Crippen molar-refractivity contribution in [3.63, 3.8) is 0 Å². The number of nitrogens with zero attached hydrogens (tertiary/aromatic N) is 2. The van der Waals surface area contributed by atoms with Gasteiger partial charge in [-0.05, 0) is 29.8 Å². The van der Waals surface area contributed by atoms with Crippen LogP contribution in [0.1, 0.15) is 11.3 Å². The third-order valence-corrected chi connectivity index (χ3v) is 4.11. The molecule has 0 atom stereocenters. The van der Waals surface area contributed by atoms with Crippen LogP contribution in [0.2, 0.25) is 0 Å². The fourth-order valence-corrected chi connectivity index (χ4v) is 2.65. The Morgan fingerprint density at radius 1 is 1.13 bits per heavy atom. The number of carbonyl (C=O) groups is 1. The first kappa shape index (κ1) is 22.0. The van der Waals surface area contributed by atoms with E-state index >= 15 is 0 Å². The SMILES string of the molecule is Fc1ccc(-c2cc(CNCc3cccc4cn[nH]c34)no2)cc1.O=C(O)C(F)(F)F. The van der Waals surface area contributed by atoms with Gasteiger partial charge in [0.2, 0.25) is 0 Å². The molecular weight excluding hydrogens is 420 g/mol. The summed E-state index contributed by atoms with van der Waals surface area (Å²) < 4.78 is 50.0. The van der Waals surface area contributed by atoms with Gasteiger partial charge in [0.1, 0.15) is 5.82 Å². The van der Waals surface area contributed by atoms with Gasteiger partial charge in [0.15, 0.2) is 5.76 Å². The van der Waals surface area contributed by atoms with E-state index in [2.05, 4.69) is 26.7 Å². The Bertz CT molecular complexity index is 1150. The Morgan fingerprint density at radius 3 is 2.52 bits per heavy atom. The fourth-order valence-electron chi connectivity index (χ4n) is 2.65. The van der Waals surface area contributed by atoms with Gasteiger partial charge in [-0.2, -0.15) is 18.3 Å². The van der Waals surface area contributed by atoms with Crippen LogP contribution in [0.25, 0.3) is 22.2 Å². The Kier molecular flexibility index (Phi) is 6.65. The minimum atomic E-state index is -5.08. The van der Waals surface area contributed by atoms with Crippen LogP contribution >= 0.6 is 0 Å². The molecular formula is C20H16F4N4O3. The minimum Gasteiger partial charge on any atom is -0.475 e. The highest BCUT2D eigenvalue weighted by Crippen LogP contribution is 2.21. The third-order valence-electron chi connectivity index (χ3n) is 4.11. The van der Waals surface area contributed by atoms with Gasteiger partial charge in [-0.3, -0.25) is 5.10 Å². The van der Waals surface area contributed by atoms with Gasteiger partial charge >= 0.3 is 12.1 Å². The van der Waals surface area contributed by atoms with Crippen molar-refractivity contribution in [3.05, 3.63) is 71.8 Å². The maximum atomic E-state index is 13.0. The average Bonchev–Trinajstić information content (AvgIpc) is 3.38. The Balaban J connectivity index is 0.000000339. The Hall–Kier alpha value is -3.73. The molecule has 2 aromatic heterocycles. The number of aliphatic carboxylic acids is 1. The highest BCUT2D eigenvalue weighted by molar-refractivity contribution is 5.81. The van der Waals surface area contributed by atoms with Crippen LogP contribution in [0.4, 0.5) is 17.6 Å². The molecule has 4 rings (SSSR count). The Morgan fingerprint density at radius 2 is 1.84 bits per heavy atom. The number of aromatic nitrogens is 3. The molecule has 0 fully saturated rings. The molecule has 7 nitrogen and oxygen atoms in total. The van der Waals surface area contributed by atoms with E-state index in [9.17, 15) is 17.6 Å². The van der Waals surface area contributed by atoms with Gasteiger partial charge in [0.25, 0.3) is 0 Å². The van der Waals surface area contributed by atoms with E-state index in [4.69, 9.17) is 14.4 Å². The zero-order valence-corrected chi connectivity index (χ0v) is 15.8. The highest BCUT2D eigenvalue weighted by atomic mass is 19.4. The number of carboxylic acids is 1. The molecule has 11 heteroatoms. The van der Waals surface area contributed by atoms with Crippen molar-refractivity contribution in [1.29, 1.82) is 0 Å². The first-order valence-electron chi connectivity index (χ1n) is 8.87. The molecule has 0 bridgehead atoms. The molecule has 0 spiro atoms. The number of aromatic amines is 1. The fraction of sp³-hybridized carbons (Fsp3) is 0.150. The van der Waals surface area contributed by atoms with E-state index in [-0.39, 0.29) is 5.82 Å². The lowest BCUT2D eigenvalue weighted by atomic mass is 10.1. The standard InChI is InChI=1S/C18H15FN4O.C2HF3O2/c19-15-6-4-12(5-7-15)17-8-16(23-24-17)11-20-9-13-2-1-3-14-10-21-22-18(13)14;3-2(4,5)1(6)7/h1-8,10,20H,9,11H2,(H,21,22);(H,6,7). The summed E-state index contributed by atoms with van der Waals surface area (Å²) in [5.74, 6) is -2.40. The molecule has 2 aromatic carbocycles. The van der Waals surface area contributed by atoms with Crippen LogP contribution in [0.5, 0.6) is 0 Å². The van der Waals surface area contributed by atoms with Gasteiger partial charge < -0.3 is 14.9 Å². The minimum absolute atomic E-state index is 0.270. The van der Waals surface area contributed by atoms with Crippen LogP contribution < -0.4 is 5.32 Å². The van der Waals surface area contributed by atoms with Crippen LogP contribution in [-0.2, 0) is 17.9 Å². The van der Waals surface area contributed by atoms with Crippen LogP contribution in [-0.4, -0.2) is 32.6 Å². The van der Waals surface area contributed by atoms with Gasteiger partial charge in [-0.25, -0.2) is 9.18 Å². The first-order valence-corrected chi connectivity index (χ1v) is 8.87. The molecule has 31 heavy (non-hydrogen) atoms. The lowest BCUT2D eigenvalue weighted by Crippen LogP contribution is -2.21. The number of hydrogen-bond donors (Lipinski definition) is 3. The number of carboxylic acid groups (broad SMARTS) is 1. The predicted octanol–water partition coefficient (Wildman–Crippen LogP) is 4.28. The number of fused-ring (bicyclic) bond motifs is 1. The molecule has 0 aliphatic carbocycles. The Labute approximate surface area is 172 Å². The number of rotatable bonds is 5. The van der Waals surface area contributed by atoms with Crippen LogP contribution in [0.15, 0.2) is 59.3 Å². The lowest BCUT2D eigenvalue weighted by molar-refractivity contribution is -0.192. The second-order valence-corrected chi connectivity index (χ2v) is 6.35. The van der Waals surface area contributed by atoms with Crippen molar-refractivity contribution in [2.45, 2.75) is 19.3 Å². The maximum Gasteiger partial charge on any atom is 0.490 e. The summed E-state index contributed by atoms with van der Waals surface area (Å²) in [4.78, 5) is 8.90. The van der Waals surface area contributed by atoms with Crippen molar-refractivity contribution < 1.29 is 32.0 Å². The first-order chi connectivity index (χ1) is 14.7. The van der Waals surface area contributed by atoms with Crippen molar-refractivity contribution in [2.24, 2.45) is 0 Å². The normalized spacial score (nSPS) is 11.2. The average molecular weight is 436 g/mol. The van der Waals surface area contributed by atoms with E-state index in [1.54, 1.807) is 12.1 Å². The van der Waals surface area contributed by atoms with Gasteiger partial charge in [0, 0.05) is 30.1 Å². The molecule has 162 valence electrons. The smallest absolute Gasteiger partial charge is 0.475 e. The molecule has 0 amide bonds. The molecule has 0 saturated carbocycles. The number of para-hydroxylation sites is 1. The van der Waals surface area contributed by atoms with Gasteiger partial charge in [-0.1, -0.05) is 23.4 Å². The quantitative estimate of drug-likeness (QED) is 0.404. The second-order valence-electron chi connectivity index (χ2n) is 6.35. The molecule has 0 saturated heterocycles. The summed E-state index contributed by atoms with van der Waals surface area (Å²) in [5, 5.41) is 22.7. The van der Waals surface area contributed by atoms with Crippen LogP contribution in [0, 0.1) is 5.82 Å². The predicted molar refractivity (Wildman–Crippen MR) is 102 cm³/mol. The summed E-state index contributed by atoms with van der Waals surface area (Å²) in [5.41, 5.74) is 3.79. The summed E-state index contributed by atoms with van der Waals surface area (Å²) in [6, 6.07) is 14.1. The summed E-state index contributed by atoms with van der Waals surface area (Å²) >= 11 is 0. The van der Waals surface area contributed by atoms with Crippen LogP contribution in [0.3, 0.4) is 0 Å². The van der Waals surface area contributed by atoms with Gasteiger partial charge in [-0.15, -0.1) is 0 Å². The molecule has 0 aliphatic rings. The number of nitrogens with one attached hydrogen (secondary N) is 2. The molecule has 2 heterocycles. The largest absolute Gasteiger partial charge is 0.490 e. The molecule has 0 unspecified atom stereocenters. The van der Waals surface area contributed by atoms with E-state index in [0.717, 1.165) is 27.7 Å². The van der Waals surface area contributed by atoms with Crippen molar-refractivity contribution in [2.75, 3.05) is 0 Å². The number of halogens is 4. The van der Waals surface area contributed by atoms with E-state index in [1.165, 1.54) is 12.1 Å². The van der Waals surface area contributed by atoms with Crippen molar-refractivity contribution in [3.8, 4) is 11.3 Å². The zero-order valence-electron chi connectivity index (χ0n) is 15.8. The topological polar surface area (TPSA) is 104 Å².